The zero-order valence-electron chi connectivity index (χ0n) is 10.6. The third kappa shape index (κ3) is 8.52. The zero-order valence-corrected chi connectivity index (χ0v) is 10.6. The van der Waals surface area contributed by atoms with Gasteiger partial charge in [-0.05, 0) is 37.6 Å². The van der Waals surface area contributed by atoms with Gasteiger partial charge in [-0.15, -0.1) is 0 Å². The predicted octanol–water partition coefficient (Wildman–Crippen LogP) is 2.39. The van der Waals surface area contributed by atoms with Gasteiger partial charge in [-0.2, -0.15) is 0 Å². The van der Waals surface area contributed by atoms with Crippen molar-refractivity contribution in [3.63, 3.8) is 0 Å². The van der Waals surface area contributed by atoms with E-state index in [-0.39, 0.29) is 0 Å². The molecule has 1 unspecified atom stereocenters. The lowest BCUT2D eigenvalue weighted by Gasteiger charge is -2.27. The van der Waals surface area contributed by atoms with E-state index < -0.39 is 0 Å². The van der Waals surface area contributed by atoms with E-state index in [2.05, 4.69) is 39.9 Å². The van der Waals surface area contributed by atoms with E-state index in [1.807, 2.05) is 0 Å². The van der Waals surface area contributed by atoms with Crippen molar-refractivity contribution in [3.05, 3.63) is 0 Å². The molecule has 14 heavy (non-hydrogen) atoms. The Morgan fingerprint density at radius 2 is 1.79 bits per heavy atom. The summed E-state index contributed by atoms with van der Waals surface area (Å²) in [4.78, 5) is 0. The van der Waals surface area contributed by atoms with Crippen LogP contribution in [0.15, 0.2) is 0 Å². The van der Waals surface area contributed by atoms with E-state index >= 15 is 0 Å². The Labute approximate surface area is 89.6 Å². The molecule has 0 aromatic carbocycles. The molecule has 0 radical (unpaired) electrons. The maximum Gasteiger partial charge on any atom is 0.00225 e. The van der Waals surface area contributed by atoms with Crippen LogP contribution in [0.2, 0.25) is 0 Å². The van der Waals surface area contributed by atoms with Crippen molar-refractivity contribution >= 4 is 0 Å². The van der Waals surface area contributed by atoms with E-state index in [0.717, 1.165) is 25.4 Å². The van der Waals surface area contributed by atoms with Gasteiger partial charge in [0.25, 0.3) is 0 Å². The Morgan fingerprint density at radius 3 is 2.21 bits per heavy atom. The molecule has 0 aromatic rings. The lowest BCUT2D eigenvalue weighted by Crippen LogP contribution is -2.33. The van der Waals surface area contributed by atoms with Gasteiger partial charge in [-0.1, -0.05) is 27.7 Å². The van der Waals surface area contributed by atoms with Gasteiger partial charge >= 0.3 is 0 Å². The average Bonchev–Trinajstić information content (AvgIpc) is 1.95. The second kappa shape index (κ2) is 6.41. The van der Waals surface area contributed by atoms with Crippen LogP contribution in [0.3, 0.4) is 0 Å². The molecule has 0 aliphatic rings. The van der Waals surface area contributed by atoms with Crippen molar-refractivity contribution in [1.82, 2.24) is 5.32 Å². The highest BCUT2D eigenvalue weighted by Crippen LogP contribution is 2.23. The minimum atomic E-state index is 0.315. The fourth-order valence-electron chi connectivity index (χ4n) is 1.93. The molecule has 0 heterocycles. The lowest BCUT2D eigenvalue weighted by molar-refractivity contribution is 0.272. The first-order valence-corrected chi connectivity index (χ1v) is 5.80. The second-order valence-corrected chi connectivity index (χ2v) is 5.70. The van der Waals surface area contributed by atoms with E-state index in [1.54, 1.807) is 0 Å². The predicted molar refractivity (Wildman–Crippen MR) is 64.4 cm³/mol. The minimum absolute atomic E-state index is 0.315. The first kappa shape index (κ1) is 13.9. The molecule has 2 heteroatoms. The maximum atomic E-state index is 5.68. The molecule has 2 nitrogen and oxygen atoms in total. The van der Waals surface area contributed by atoms with Gasteiger partial charge in [0.2, 0.25) is 0 Å². The van der Waals surface area contributed by atoms with Crippen LogP contribution in [-0.2, 0) is 0 Å². The van der Waals surface area contributed by atoms with Gasteiger partial charge in [0.05, 0.1) is 0 Å². The summed E-state index contributed by atoms with van der Waals surface area (Å²) in [5.74, 6) is 0.778. The molecule has 0 amide bonds. The molecular weight excluding hydrogens is 172 g/mol. The molecule has 0 fully saturated rings. The molecule has 0 saturated carbocycles. The van der Waals surface area contributed by atoms with Crippen LogP contribution in [-0.4, -0.2) is 19.1 Å². The van der Waals surface area contributed by atoms with E-state index in [4.69, 9.17) is 5.73 Å². The maximum absolute atomic E-state index is 5.68. The van der Waals surface area contributed by atoms with Gasteiger partial charge in [0, 0.05) is 12.6 Å². The van der Waals surface area contributed by atoms with Crippen molar-refractivity contribution in [2.75, 3.05) is 13.1 Å². The van der Waals surface area contributed by atoms with E-state index in [0.29, 0.717) is 11.5 Å². The molecule has 0 aliphatic carbocycles. The largest absolute Gasteiger partial charge is 0.328 e. The van der Waals surface area contributed by atoms with Crippen LogP contribution < -0.4 is 11.1 Å². The Hall–Kier alpha value is -0.0800. The van der Waals surface area contributed by atoms with Crippen LogP contribution in [0.25, 0.3) is 0 Å². The molecular formula is C12H28N2. The minimum Gasteiger partial charge on any atom is -0.328 e. The van der Waals surface area contributed by atoms with Gasteiger partial charge < -0.3 is 11.1 Å². The normalized spacial score (nSPS) is 14.8. The Bertz CT molecular complexity index is 139. The monoisotopic (exact) mass is 200 g/mol. The second-order valence-electron chi connectivity index (χ2n) is 5.70. The third-order valence-electron chi connectivity index (χ3n) is 2.34. The van der Waals surface area contributed by atoms with Crippen LogP contribution in [0, 0.1) is 11.3 Å². The molecule has 0 saturated heterocycles. The van der Waals surface area contributed by atoms with Gasteiger partial charge in [0.1, 0.15) is 0 Å². The van der Waals surface area contributed by atoms with Crippen molar-refractivity contribution in [1.29, 1.82) is 0 Å². The SMILES string of the molecule is CC(C)CC(C)(C)CNCCC(C)N. The number of nitrogens with one attached hydrogen (secondary N) is 1. The number of hydrogen-bond donors (Lipinski definition) is 2. The third-order valence-corrected chi connectivity index (χ3v) is 2.34. The fourth-order valence-corrected chi connectivity index (χ4v) is 1.93. The number of rotatable bonds is 7. The molecule has 0 aromatic heterocycles. The quantitative estimate of drug-likeness (QED) is 0.619. The summed E-state index contributed by atoms with van der Waals surface area (Å²) >= 11 is 0. The number of hydrogen-bond acceptors (Lipinski definition) is 2. The summed E-state index contributed by atoms with van der Waals surface area (Å²) in [5.41, 5.74) is 6.09. The average molecular weight is 200 g/mol. The van der Waals surface area contributed by atoms with Crippen molar-refractivity contribution in [2.24, 2.45) is 17.1 Å². The fraction of sp³-hybridized carbons (Fsp3) is 1.00. The van der Waals surface area contributed by atoms with Crippen molar-refractivity contribution < 1.29 is 0 Å². The first-order chi connectivity index (χ1) is 6.33. The molecule has 0 spiro atoms. The molecule has 0 bridgehead atoms. The summed E-state index contributed by atoms with van der Waals surface area (Å²) in [6, 6.07) is 0.315. The molecule has 86 valence electrons. The van der Waals surface area contributed by atoms with E-state index in [1.165, 1.54) is 6.42 Å². The molecule has 0 aliphatic heterocycles. The van der Waals surface area contributed by atoms with Crippen molar-refractivity contribution in [3.8, 4) is 0 Å². The van der Waals surface area contributed by atoms with Crippen LogP contribution >= 0.6 is 0 Å². The lowest BCUT2D eigenvalue weighted by atomic mass is 9.84. The van der Waals surface area contributed by atoms with Gasteiger partial charge in [-0.3, -0.25) is 0 Å². The van der Waals surface area contributed by atoms with E-state index in [9.17, 15) is 0 Å². The Balaban J connectivity index is 3.55. The van der Waals surface area contributed by atoms with Crippen LogP contribution in [0.1, 0.15) is 47.5 Å². The highest BCUT2D eigenvalue weighted by molar-refractivity contribution is 4.73. The molecule has 1 atom stereocenters. The number of nitrogens with two attached hydrogens (primary N) is 1. The van der Waals surface area contributed by atoms with Gasteiger partial charge in [0.15, 0.2) is 0 Å². The Morgan fingerprint density at radius 1 is 1.21 bits per heavy atom. The topological polar surface area (TPSA) is 38.0 Å². The highest BCUT2D eigenvalue weighted by Gasteiger charge is 2.18. The zero-order chi connectivity index (χ0) is 11.2. The summed E-state index contributed by atoms with van der Waals surface area (Å²) in [5, 5.41) is 3.48. The first-order valence-electron chi connectivity index (χ1n) is 5.80. The highest BCUT2D eigenvalue weighted by atomic mass is 14.9. The van der Waals surface area contributed by atoms with Crippen molar-refractivity contribution in [2.45, 2.75) is 53.5 Å². The van der Waals surface area contributed by atoms with Gasteiger partial charge in [-0.25, -0.2) is 0 Å². The molecule has 3 N–H and O–H groups in total. The smallest absolute Gasteiger partial charge is 0.00225 e. The standard InChI is InChI=1S/C12H28N2/c1-10(2)8-12(4,5)9-14-7-6-11(3)13/h10-11,14H,6-9,13H2,1-5H3. The summed E-state index contributed by atoms with van der Waals surface area (Å²) in [7, 11) is 0. The van der Waals surface area contributed by atoms with Crippen LogP contribution in [0.5, 0.6) is 0 Å². The molecule has 0 rings (SSSR count). The Kier molecular flexibility index (Phi) is 6.38. The van der Waals surface area contributed by atoms with Crippen LogP contribution in [0.4, 0.5) is 0 Å². The summed E-state index contributed by atoms with van der Waals surface area (Å²) < 4.78 is 0. The summed E-state index contributed by atoms with van der Waals surface area (Å²) in [6.07, 6.45) is 2.34. The summed E-state index contributed by atoms with van der Waals surface area (Å²) in [6.45, 7) is 13.4.